The standard InChI is InChI=1S/C21H26N2O2/c1-3-4-5-6-7-8-13-25-18-11-9-17(10-12-18)19-14-16(2)23-21(24)20(19)15-22/h9-12,14H,3-8,13H2,1-2H3,(H,23,24). The lowest BCUT2D eigenvalue weighted by Gasteiger charge is -2.09. The predicted octanol–water partition coefficient (Wildman–Crippen LogP) is 4.96. The first kappa shape index (κ1) is 18.8. The fraction of sp³-hybridized carbons (Fsp3) is 0.429. The molecule has 0 aliphatic carbocycles. The van der Waals surface area contributed by atoms with Gasteiger partial charge in [-0.25, -0.2) is 0 Å². The van der Waals surface area contributed by atoms with Gasteiger partial charge in [-0.1, -0.05) is 51.2 Å². The fourth-order valence-corrected chi connectivity index (χ4v) is 2.83. The number of nitriles is 1. The molecule has 0 aliphatic heterocycles. The van der Waals surface area contributed by atoms with Crippen LogP contribution in [0.1, 0.15) is 56.7 Å². The molecule has 1 N–H and O–H groups in total. The number of pyridine rings is 1. The quantitative estimate of drug-likeness (QED) is 0.657. The van der Waals surface area contributed by atoms with Gasteiger partial charge in [0.1, 0.15) is 17.4 Å². The van der Waals surface area contributed by atoms with E-state index in [-0.39, 0.29) is 11.1 Å². The number of aromatic nitrogens is 1. The van der Waals surface area contributed by atoms with E-state index < -0.39 is 0 Å². The molecule has 0 unspecified atom stereocenters. The molecule has 0 saturated heterocycles. The summed E-state index contributed by atoms with van der Waals surface area (Å²) in [4.78, 5) is 14.6. The smallest absolute Gasteiger partial charge is 0.266 e. The highest BCUT2D eigenvalue weighted by Gasteiger charge is 2.10. The van der Waals surface area contributed by atoms with Crippen molar-refractivity contribution < 1.29 is 4.74 Å². The van der Waals surface area contributed by atoms with Crippen molar-refractivity contribution in [3.63, 3.8) is 0 Å². The molecule has 0 aliphatic rings. The molecular formula is C21H26N2O2. The zero-order valence-electron chi connectivity index (χ0n) is 15.1. The molecule has 0 atom stereocenters. The second kappa shape index (κ2) is 9.68. The highest BCUT2D eigenvalue weighted by atomic mass is 16.5. The number of ether oxygens (including phenoxy) is 1. The van der Waals surface area contributed by atoms with E-state index in [9.17, 15) is 10.1 Å². The van der Waals surface area contributed by atoms with E-state index in [1.807, 2.05) is 43.3 Å². The Morgan fingerprint density at radius 2 is 1.76 bits per heavy atom. The van der Waals surface area contributed by atoms with Gasteiger partial charge in [0.15, 0.2) is 0 Å². The van der Waals surface area contributed by atoms with Crippen molar-refractivity contribution in [2.75, 3.05) is 6.61 Å². The van der Waals surface area contributed by atoms with Crippen molar-refractivity contribution in [1.82, 2.24) is 4.98 Å². The van der Waals surface area contributed by atoms with Gasteiger partial charge < -0.3 is 9.72 Å². The highest BCUT2D eigenvalue weighted by molar-refractivity contribution is 5.70. The molecule has 0 amide bonds. The molecule has 0 spiro atoms. The molecule has 132 valence electrons. The van der Waals surface area contributed by atoms with E-state index in [1.54, 1.807) is 0 Å². The van der Waals surface area contributed by atoms with Crippen LogP contribution in [-0.4, -0.2) is 11.6 Å². The first-order valence-corrected chi connectivity index (χ1v) is 9.03. The maximum Gasteiger partial charge on any atom is 0.266 e. The summed E-state index contributed by atoms with van der Waals surface area (Å²) in [5.74, 6) is 0.817. The Morgan fingerprint density at radius 3 is 2.44 bits per heavy atom. The molecule has 1 aromatic heterocycles. The minimum Gasteiger partial charge on any atom is -0.494 e. The Kier molecular flexibility index (Phi) is 7.28. The normalized spacial score (nSPS) is 10.4. The Bertz CT molecular complexity index is 770. The van der Waals surface area contributed by atoms with Crippen molar-refractivity contribution in [3.05, 3.63) is 51.9 Å². The van der Waals surface area contributed by atoms with Gasteiger partial charge in [0.2, 0.25) is 0 Å². The number of hydrogen-bond acceptors (Lipinski definition) is 3. The molecule has 0 saturated carbocycles. The van der Waals surface area contributed by atoms with E-state index >= 15 is 0 Å². The molecule has 2 rings (SSSR count). The van der Waals surface area contributed by atoms with Gasteiger partial charge in [0.05, 0.1) is 6.61 Å². The number of nitrogens with one attached hydrogen (secondary N) is 1. The van der Waals surface area contributed by atoms with Gasteiger partial charge in [-0.3, -0.25) is 4.79 Å². The van der Waals surface area contributed by atoms with Crippen molar-refractivity contribution in [3.8, 4) is 22.9 Å². The number of unbranched alkanes of at least 4 members (excludes halogenated alkanes) is 5. The Morgan fingerprint density at radius 1 is 1.08 bits per heavy atom. The average Bonchev–Trinajstić information content (AvgIpc) is 2.61. The van der Waals surface area contributed by atoms with Crippen LogP contribution in [0.4, 0.5) is 0 Å². The largest absolute Gasteiger partial charge is 0.494 e. The topological polar surface area (TPSA) is 65.9 Å². The molecular weight excluding hydrogens is 312 g/mol. The lowest BCUT2D eigenvalue weighted by atomic mass is 10.0. The summed E-state index contributed by atoms with van der Waals surface area (Å²) in [6.45, 7) is 4.75. The minimum absolute atomic E-state index is 0.145. The van der Waals surface area contributed by atoms with Crippen LogP contribution in [0.5, 0.6) is 5.75 Å². The number of hydrogen-bond donors (Lipinski definition) is 1. The lowest BCUT2D eigenvalue weighted by Crippen LogP contribution is -2.12. The van der Waals surface area contributed by atoms with E-state index in [0.29, 0.717) is 5.56 Å². The Labute approximate surface area is 149 Å². The van der Waals surface area contributed by atoms with E-state index in [1.165, 1.54) is 32.1 Å². The van der Waals surface area contributed by atoms with Crippen molar-refractivity contribution in [2.24, 2.45) is 0 Å². The number of aromatic amines is 1. The number of rotatable bonds is 9. The van der Waals surface area contributed by atoms with Crippen molar-refractivity contribution >= 4 is 0 Å². The monoisotopic (exact) mass is 338 g/mol. The van der Waals surface area contributed by atoms with Gasteiger partial charge in [-0.05, 0) is 37.1 Å². The van der Waals surface area contributed by atoms with E-state index in [4.69, 9.17) is 4.74 Å². The Balaban J connectivity index is 1.95. The zero-order chi connectivity index (χ0) is 18.1. The molecule has 0 radical (unpaired) electrons. The average molecular weight is 338 g/mol. The third kappa shape index (κ3) is 5.49. The molecule has 0 bridgehead atoms. The first-order chi connectivity index (χ1) is 12.2. The van der Waals surface area contributed by atoms with E-state index in [0.717, 1.165) is 30.0 Å². The maximum atomic E-state index is 11.9. The summed E-state index contributed by atoms with van der Waals surface area (Å²) < 4.78 is 5.77. The molecule has 4 nitrogen and oxygen atoms in total. The first-order valence-electron chi connectivity index (χ1n) is 9.03. The number of nitrogens with zero attached hydrogens (tertiary/aromatic N) is 1. The third-order valence-electron chi connectivity index (χ3n) is 4.21. The lowest BCUT2D eigenvalue weighted by molar-refractivity contribution is 0.304. The van der Waals surface area contributed by atoms with Gasteiger partial charge >= 0.3 is 0 Å². The van der Waals surface area contributed by atoms with Crippen molar-refractivity contribution in [1.29, 1.82) is 5.26 Å². The molecule has 0 fully saturated rings. The van der Waals surface area contributed by atoms with Crippen LogP contribution >= 0.6 is 0 Å². The number of H-pyrrole nitrogens is 1. The summed E-state index contributed by atoms with van der Waals surface area (Å²) in [5, 5.41) is 9.23. The number of aryl methyl sites for hydroxylation is 1. The highest BCUT2D eigenvalue weighted by Crippen LogP contribution is 2.24. The molecule has 1 aromatic carbocycles. The SMILES string of the molecule is CCCCCCCCOc1ccc(-c2cc(C)[nH]c(=O)c2C#N)cc1. The minimum atomic E-state index is -0.346. The van der Waals surface area contributed by atoms with Crippen LogP contribution in [-0.2, 0) is 0 Å². The maximum absolute atomic E-state index is 11.9. The van der Waals surface area contributed by atoms with Gasteiger partial charge in [0, 0.05) is 11.3 Å². The molecule has 25 heavy (non-hydrogen) atoms. The zero-order valence-corrected chi connectivity index (χ0v) is 15.1. The molecule has 2 aromatic rings. The fourth-order valence-electron chi connectivity index (χ4n) is 2.83. The second-order valence-corrected chi connectivity index (χ2v) is 6.32. The summed E-state index contributed by atoms with van der Waals surface area (Å²) in [7, 11) is 0. The molecule has 4 heteroatoms. The van der Waals surface area contributed by atoms with Crippen LogP contribution in [0.2, 0.25) is 0 Å². The van der Waals surface area contributed by atoms with Crippen molar-refractivity contribution in [2.45, 2.75) is 52.4 Å². The van der Waals surface area contributed by atoms with Gasteiger partial charge in [-0.15, -0.1) is 0 Å². The van der Waals surface area contributed by atoms with Crippen LogP contribution in [0.15, 0.2) is 35.1 Å². The third-order valence-corrected chi connectivity index (χ3v) is 4.21. The summed E-state index contributed by atoms with van der Waals surface area (Å²) in [6.07, 6.45) is 7.43. The van der Waals surface area contributed by atoms with Gasteiger partial charge in [-0.2, -0.15) is 5.26 Å². The van der Waals surface area contributed by atoms with Crippen LogP contribution in [0, 0.1) is 18.3 Å². The summed E-state index contributed by atoms with van der Waals surface area (Å²) in [5.41, 5.74) is 2.04. The van der Waals surface area contributed by atoms with Crippen LogP contribution in [0.25, 0.3) is 11.1 Å². The van der Waals surface area contributed by atoms with Crippen LogP contribution < -0.4 is 10.3 Å². The van der Waals surface area contributed by atoms with E-state index in [2.05, 4.69) is 11.9 Å². The number of benzene rings is 1. The molecule has 1 heterocycles. The predicted molar refractivity (Wildman–Crippen MR) is 101 cm³/mol. The van der Waals surface area contributed by atoms with Gasteiger partial charge in [0.25, 0.3) is 5.56 Å². The van der Waals surface area contributed by atoms with Crippen LogP contribution in [0.3, 0.4) is 0 Å². The summed E-state index contributed by atoms with van der Waals surface area (Å²) >= 11 is 0. The summed E-state index contributed by atoms with van der Waals surface area (Å²) in [6, 6.07) is 11.4. The Hall–Kier alpha value is -2.54. The second-order valence-electron chi connectivity index (χ2n) is 6.32.